The third-order valence-corrected chi connectivity index (χ3v) is 2.16. The van der Waals surface area contributed by atoms with Crippen molar-refractivity contribution >= 4 is 15.9 Å². The predicted molar refractivity (Wildman–Crippen MR) is 48.0 cm³/mol. The normalized spacial score (nSPS) is 12.5. The molecule has 0 aliphatic heterocycles. The fourth-order valence-electron chi connectivity index (χ4n) is 1.15. The summed E-state index contributed by atoms with van der Waals surface area (Å²) in [5.41, 5.74) is 0. The first kappa shape index (κ1) is 11.5. The fourth-order valence-corrected chi connectivity index (χ4v) is 1.53. The molecule has 0 atom stereocenters. The molecule has 0 radical (unpaired) electrons. The Bertz CT molecular complexity index is 318. The maximum absolute atomic E-state index is 12.4. The molecule has 14 heavy (non-hydrogen) atoms. The molecule has 0 fully saturated rings. The average molecular weight is 272 g/mol. The molecule has 7 heteroatoms. The molecule has 1 heterocycles. The molecule has 80 valence electrons. The summed E-state index contributed by atoms with van der Waals surface area (Å²) in [6.07, 6.45) is -4.45. The summed E-state index contributed by atoms with van der Waals surface area (Å²) in [6.45, 7) is 3.32. The second-order valence-corrected chi connectivity index (χ2v) is 3.60. The van der Waals surface area contributed by atoms with Gasteiger partial charge in [0, 0.05) is 6.04 Å². The first-order valence-electron chi connectivity index (χ1n) is 3.95. The van der Waals surface area contributed by atoms with Gasteiger partial charge in [0.15, 0.2) is 0 Å². The molecular formula is C7H9BrF3N3. The van der Waals surface area contributed by atoms with E-state index in [1.807, 2.05) is 0 Å². The van der Waals surface area contributed by atoms with E-state index in [2.05, 4.69) is 26.1 Å². The van der Waals surface area contributed by atoms with Crippen LogP contribution >= 0.6 is 15.9 Å². The van der Waals surface area contributed by atoms with Gasteiger partial charge in [-0.15, -0.1) is 10.2 Å². The molecule has 0 aliphatic rings. The Morgan fingerprint density at radius 2 is 1.93 bits per heavy atom. The molecule has 1 rings (SSSR count). The second kappa shape index (κ2) is 3.88. The Morgan fingerprint density at radius 1 is 1.36 bits per heavy atom. The van der Waals surface area contributed by atoms with Crippen molar-refractivity contribution in [3.63, 3.8) is 0 Å². The van der Waals surface area contributed by atoms with Crippen molar-refractivity contribution in [1.82, 2.24) is 14.8 Å². The lowest BCUT2D eigenvalue weighted by atomic mass is 10.3. The summed E-state index contributed by atoms with van der Waals surface area (Å²) in [6, 6.07) is -0.311. The van der Waals surface area contributed by atoms with Gasteiger partial charge in [-0.2, -0.15) is 13.2 Å². The van der Waals surface area contributed by atoms with Crippen LogP contribution in [0.15, 0.2) is 0 Å². The summed E-state index contributed by atoms with van der Waals surface area (Å²) < 4.78 is 38.3. The molecule has 1 aromatic rings. The van der Waals surface area contributed by atoms with Crippen LogP contribution in [0.4, 0.5) is 13.2 Å². The maximum Gasteiger partial charge on any atom is 0.451 e. The Hall–Kier alpha value is -0.590. The fraction of sp³-hybridized carbons (Fsp3) is 0.714. The van der Waals surface area contributed by atoms with Gasteiger partial charge in [0.1, 0.15) is 5.82 Å². The number of aromatic nitrogens is 3. The first-order chi connectivity index (χ1) is 6.38. The molecule has 0 aromatic carbocycles. The van der Waals surface area contributed by atoms with Crippen LogP contribution in [0.2, 0.25) is 0 Å². The van der Waals surface area contributed by atoms with Gasteiger partial charge in [-0.05, 0) is 13.8 Å². The molecule has 0 saturated carbocycles. The van der Waals surface area contributed by atoms with E-state index in [1.54, 1.807) is 13.8 Å². The molecule has 0 amide bonds. The third-order valence-electron chi connectivity index (χ3n) is 1.66. The molecule has 0 aliphatic carbocycles. The lowest BCUT2D eigenvalue weighted by Gasteiger charge is -2.14. The van der Waals surface area contributed by atoms with E-state index in [9.17, 15) is 13.2 Å². The molecule has 1 aromatic heterocycles. The summed E-state index contributed by atoms with van der Waals surface area (Å²) in [5, 5.41) is 6.86. The smallest absolute Gasteiger partial charge is 0.304 e. The van der Waals surface area contributed by atoms with Crippen LogP contribution in [-0.2, 0) is 11.5 Å². The van der Waals surface area contributed by atoms with Gasteiger partial charge in [0.05, 0.1) is 5.33 Å². The van der Waals surface area contributed by atoms with Gasteiger partial charge in [-0.1, -0.05) is 15.9 Å². The van der Waals surface area contributed by atoms with Crippen LogP contribution in [0.5, 0.6) is 0 Å². The van der Waals surface area contributed by atoms with Crippen molar-refractivity contribution < 1.29 is 13.2 Å². The highest BCUT2D eigenvalue weighted by Crippen LogP contribution is 2.30. The predicted octanol–water partition coefficient (Wildman–Crippen LogP) is 2.77. The first-order valence-corrected chi connectivity index (χ1v) is 5.07. The number of rotatable bonds is 2. The number of hydrogen-bond acceptors (Lipinski definition) is 2. The minimum Gasteiger partial charge on any atom is -0.304 e. The van der Waals surface area contributed by atoms with Crippen LogP contribution in [-0.4, -0.2) is 14.8 Å². The van der Waals surface area contributed by atoms with Crippen LogP contribution in [0.3, 0.4) is 0 Å². The zero-order chi connectivity index (χ0) is 10.9. The van der Waals surface area contributed by atoms with E-state index in [1.165, 1.54) is 0 Å². The van der Waals surface area contributed by atoms with Crippen molar-refractivity contribution in [2.24, 2.45) is 0 Å². The van der Waals surface area contributed by atoms with Crippen LogP contribution in [0.25, 0.3) is 0 Å². The van der Waals surface area contributed by atoms with Gasteiger partial charge in [-0.25, -0.2) is 0 Å². The van der Waals surface area contributed by atoms with E-state index in [4.69, 9.17) is 0 Å². The van der Waals surface area contributed by atoms with Gasteiger partial charge in [-0.3, -0.25) is 0 Å². The lowest BCUT2D eigenvalue weighted by Crippen LogP contribution is -2.17. The van der Waals surface area contributed by atoms with Gasteiger partial charge in [0.25, 0.3) is 0 Å². The molecule has 0 spiro atoms. The van der Waals surface area contributed by atoms with Crippen molar-refractivity contribution in [3.8, 4) is 0 Å². The minimum absolute atomic E-state index is 0.258. The number of nitrogens with zero attached hydrogens (tertiary/aromatic N) is 3. The molecular weight excluding hydrogens is 263 g/mol. The number of hydrogen-bond donors (Lipinski definition) is 0. The Kier molecular flexibility index (Phi) is 3.18. The monoisotopic (exact) mass is 271 g/mol. The standard InChI is InChI=1S/C7H9BrF3N3/c1-4(2)14-5(3-8)12-13-6(14)7(9,10)11/h4H,3H2,1-2H3. The number of halogens is 4. The van der Waals surface area contributed by atoms with Crippen molar-refractivity contribution in [2.45, 2.75) is 31.4 Å². The molecule has 0 N–H and O–H groups in total. The van der Waals surface area contributed by atoms with Crippen LogP contribution in [0.1, 0.15) is 31.5 Å². The summed E-state index contributed by atoms with van der Waals surface area (Å²) in [5.74, 6) is -0.658. The van der Waals surface area contributed by atoms with Gasteiger partial charge >= 0.3 is 6.18 Å². The van der Waals surface area contributed by atoms with Crippen molar-refractivity contribution in [2.75, 3.05) is 0 Å². The van der Waals surface area contributed by atoms with E-state index in [-0.39, 0.29) is 17.2 Å². The molecule has 0 unspecified atom stereocenters. The second-order valence-electron chi connectivity index (χ2n) is 3.03. The molecule has 3 nitrogen and oxygen atoms in total. The average Bonchev–Trinajstić information content (AvgIpc) is 2.45. The number of alkyl halides is 4. The lowest BCUT2D eigenvalue weighted by molar-refractivity contribution is -0.148. The Balaban J connectivity index is 3.25. The zero-order valence-electron chi connectivity index (χ0n) is 7.64. The van der Waals surface area contributed by atoms with Gasteiger partial charge < -0.3 is 4.57 Å². The zero-order valence-corrected chi connectivity index (χ0v) is 9.22. The summed E-state index contributed by atoms with van der Waals surface area (Å²) in [7, 11) is 0. The van der Waals surface area contributed by atoms with Crippen LogP contribution < -0.4 is 0 Å². The van der Waals surface area contributed by atoms with Crippen LogP contribution in [0, 0.1) is 0 Å². The van der Waals surface area contributed by atoms with E-state index in [0.29, 0.717) is 0 Å². The quantitative estimate of drug-likeness (QED) is 0.775. The molecule has 0 bridgehead atoms. The summed E-state index contributed by atoms with van der Waals surface area (Å²) >= 11 is 3.07. The SMILES string of the molecule is CC(C)n1c(CBr)nnc1C(F)(F)F. The Labute approximate surface area is 87.4 Å². The highest BCUT2D eigenvalue weighted by molar-refractivity contribution is 9.08. The highest BCUT2D eigenvalue weighted by atomic mass is 79.9. The van der Waals surface area contributed by atoms with E-state index >= 15 is 0 Å². The largest absolute Gasteiger partial charge is 0.451 e. The van der Waals surface area contributed by atoms with E-state index in [0.717, 1.165) is 4.57 Å². The molecule has 0 saturated heterocycles. The van der Waals surface area contributed by atoms with Gasteiger partial charge in [0.2, 0.25) is 5.82 Å². The highest BCUT2D eigenvalue weighted by Gasteiger charge is 2.38. The minimum atomic E-state index is -4.45. The Morgan fingerprint density at radius 3 is 2.29 bits per heavy atom. The van der Waals surface area contributed by atoms with E-state index < -0.39 is 12.0 Å². The third kappa shape index (κ3) is 2.08. The van der Waals surface area contributed by atoms with Crippen molar-refractivity contribution in [1.29, 1.82) is 0 Å². The summed E-state index contributed by atoms with van der Waals surface area (Å²) in [4.78, 5) is 0. The van der Waals surface area contributed by atoms with Crippen molar-refractivity contribution in [3.05, 3.63) is 11.6 Å². The maximum atomic E-state index is 12.4. The topological polar surface area (TPSA) is 30.7 Å².